The van der Waals surface area contributed by atoms with E-state index in [-0.39, 0.29) is 18.7 Å². The molecule has 7 heteroatoms. The zero-order valence-electron chi connectivity index (χ0n) is 13.5. The molecule has 1 N–H and O–H groups in total. The smallest absolute Gasteiger partial charge is 0.231 e. The number of nitrogens with one attached hydrogen (secondary N) is 1. The molecule has 1 atom stereocenters. The highest BCUT2D eigenvalue weighted by atomic mass is 32.2. The summed E-state index contributed by atoms with van der Waals surface area (Å²) in [4.78, 5) is 16.8. The summed E-state index contributed by atoms with van der Waals surface area (Å²) in [5, 5.41) is 3.01. The van der Waals surface area contributed by atoms with Gasteiger partial charge in [0.05, 0.1) is 22.0 Å². The second kappa shape index (κ2) is 6.93. The minimum atomic E-state index is -0.0991. The number of thiazole rings is 1. The Morgan fingerprint density at radius 2 is 2.12 bits per heavy atom. The van der Waals surface area contributed by atoms with Crippen LogP contribution < -0.4 is 14.8 Å². The second-order valence-corrected chi connectivity index (χ2v) is 7.89. The van der Waals surface area contributed by atoms with Gasteiger partial charge in [-0.25, -0.2) is 4.98 Å². The maximum atomic E-state index is 12.2. The molecule has 2 heterocycles. The van der Waals surface area contributed by atoms with Gasteiger partial charge in [0.25, 0.3) is 0 Å². The summed E-state index contributed by atoms with van der Waals surface area (Å²) in [5.74, 6) is 1.79. The molecular weight excluding hydrogens is 356 g/mol. The number of ether oxygens (including phenoxy) is 2. The van der Waals surface area contributed by atoms with E-state index in [9.17, 15) is 4.79 Å². The zero-order valence-corrected chi connectivity index (χ0v) is 15.2. The van der Waals surface area contributed by atoms with Crippen LogP contribution in [0.25, 0.3) is 10.2 Å². The van der Waals surface area contributed by atoms with E-state index < -0.39 is 0 Å². The molecule has 0 spiro atoms. The fourth-order valence-electron chi connectivity index (χ4n) is 2.59. The maximum absolute atomic E-state index is 12.2. The van der Waals surface area contributed by atoms with Crippen LogP contribution in [-0.4, -0.2) is 23.4 Å². The number of amides is 1. The van der Waals surface area contributed by atoms with Crippen molar-refractivity contribution < 1.29 is 14.3 Å². The molecule has 0 saturated heterocycles. The summed E-state index contributed by atoms with van der Waals surface area (Å²) in [5.41, 5.74) is 1.96. The van der Waals surface area contributed by atoms with Crippen molar-refractivity contribution in [2.75, 3.05) is 12.5 Å². The topological polar surface area (TPSA) is 60.5 Å². The minimum Gasteiger partial charge on any atom is -0.454 e. The third kappa shape index (κ3) is 3.57. The van der Waals surface area contributed by atoms with Crippen molar-refractivity contribution >= 4 is 39.2 Å². The fourth-order valence-corrected chi connectivity index (χ4v) is 4.47. The fraction of sp³-hybridized carbons (Fsp3) is 0.222. The SMILES string of the molecule is CC(NC(=O)CSc1nc2ccccc2s1)c1ccc2c(c1)OCO2. The molecule has 0 aliphatic carbocycles. The molecule has 25 heavy (non-hydrogen) atoms. The van der Waals surface area contributed by atoms with Crippen LogP contribution in [0.3, 0.4) is 0 Å². The Morgan fingerprint density at radius 1 is 1.28 bits per heavy atom. The maximum Gasteiger partial charge on any atom is 0.231 e. The Bertz CT molecular complexity index is 893. The molecule has 4 rings (SSSR count). The lowest BCUT2D eigenvalue weighted by Gasteiger charge is -2.14. The number of thioether (sulfide) groups is 1. The summed E-state index contributed by atoms with van der Waals surface area (Å²) in [6.45, 7) is 2.20. The first-order valence-corrected chi connectivity index (χ1v) is 9.66. The molecule has 0 radical (unpaired) electrons. The van der Waals surface area contributed by atoms with Gasteiger partial charge >= 0.3 is 0 Å². The molecule has 0 fully saturated rings. The molecule has 128 valence electrons. The van der Waals surface area contributed by atoms with Gasteiger partial charge in [-0.05, 0) is 36.8 Å². The summed E-state index contributed by atoms with van der Waals surface area (Å²) in [7, 11) is 0. The number of carbonyl (C=O) groups is 1. The van der Waals surface area contributed by atoms with Crippen molar-refractivity contribution in [1.29, 1.82) is 0 Å². The molecule has 1 aromatic heterocycles. The van der Waals surface area contributed by atoms with Crippen LogP contribution in [0.4, 0.5) is 0 Å². The Morgan fingerprint density at radius 3 is 3.00 bits per heavy atom. The number of rotatable bonds is 5. The van der Waals surface area contributed by atoms with Crippen LogP contribution in [0.2, 0.25) is 0 Å². The first kappa shape index (κ1) is 16.2. The molecule has 1 amide bonds. The molecule has 5 nitrogen and oxygen atoms in total. The normalized spacial score (nSPS) is 13.8. The van der Waals surface area contributed by atoms with Crippen LogP contribution in [-0.2, 0) is 4.79 Å². The van der Waals surface area contributed by atoms with Crippen molar-refractivity contribution in [3.63, 3.8) is 0 Å². The Kier molecular flexibility index (Phi) is 4.50. The molecule has 1 aliphatic heterocycles. The van der Waals surface area contributed by atoms with Gasteiger partial charge in [-0.1, -0.05) is 30.0 Å². The number of para-hydroxylation sites is 1. The molecule has 3 aromatic rings. The number of fused-ring (bicyclic) bond motifs is 2. The summed E-state index contributed by atoms with van der Waals surface area (Å²) < 4.78 is 12.7. The van der Waals surface area contributed by atoms with Crippen molar-refractivity contribution in [2.24, 2.45) is 0 Å². The average molecular weight is 372 g/mol. The van der Waals surface area contributed by atoms with E-state index >= 15 is 0 Å². The zero-order chi connectivity index (χ0) is 17.2. The van der Waals surface area contributed by atoms with Gasteiger partial charge in [-0.3, -0.25) is 4.79 Å². The van der Waals surface area contributed by atoms with Crippen molar-refractivity contribution in [1.82, 2.24) is 10.3 Å². The summed E-state index contributed by atoms with van der Waals surface area (Å²) in [6.07, 6.45) is 0. The highest BCUT2D eigenvalue weighted by Gasteiger charge is 2.17. The Labute approximate surface area is 153 Å². The van der Waals surface area contributed by atoms with Gasteiger partial charge in [-0.15, -0.1) is 11.3 Å². The first-order chi connectivity index (χ1) is 12.2. The van der Waals surface area contributed by atoms with Crippen molar-refractivity contribution in [3.8, 4) is 11.5 Å². The van der Waals surface area contributed by atoms with Crippen LogP contribution in [0.5, 0.6) is 11.5 Å². The third-order valence-electron chi connectivity index (χ3n) is 3.88. The highest BCUT2D eigenvalue weighted by Crippen LogP contribution is 2.34. The molecule has 1 unspecified atom stereocenters. The average Bonchev–Trinajstić information content (AvgIpc) is 3.25. The standard InChI is InChI=1S/C18H16N2O3S2/c1-11(12-6-7-14-15(8-12)23-10-22-14)19-17(21)9-24-18-20-13-4-2-3-5-16(13)25-18/h2-8,11H,9-10H2,1H3,(H,19,21). The molecule has 0 saturated carbocycles. The van der Waals surface area contributed by atoms with E-state index in [1.54, 1.807) is 11.3 Å². The quantitative estimate of drug-likeness (QED) is 0.686. The highest BCUT2D eigenvalue weighted by molar-refractivity contribution is 8.01. The van der Waals surface area contributed by atoms with Crippen molar-refractivity contribution in [2.45, 2.75) is 17.3 Å². The Balaban J connectivity index is 1.35. The minimum absolute atomic E-state index is 0.0191. The van der Waals surface area contributed by atoms with E-state index in [2.05, 4.69) is 10.3 Å². The number of hydrogen-bond donors (Lipinski definition) is 1. The number of aromatic nitrogens is 1. The van der Waals surface area contributed by atoms with Crippen LogP contribution in [0, 0.1) is 0 Å². The van der Waals surface area contributed by atoms with Crippen LogP contribution in [0.1, 0.15) is 18.5 Å². The predicted octanol–water partition coefficient (Wildman–Crippen LogP) is 3.99. The summed E-state index contributed by atoms with van der Waals surface area (Å²) >= 11 is 3.07. The van der Waals surface area contributed by atoms with Gasteiger partial charge in [0.2, 0.25) is 12.7 Å². The number of hydrogen-bond acceptors (Lipinski definition) is 6. The van der Waals surface area contributed by atoms with Crippen LogP contribution >= 0.6 is 23.1 Å². The Hall–Kier alpha value is -2.25. The van der Waals surface area contributed by atoms with E-state index in [1.807, 2.05) is 49.4 Å². The van der Waals surface area contributed by atoms with Crippen LogP contribution in [0.15, 0.2) is 46.8 Å². The predicted molar refractivity (Wildman–Crippen MR) is 99.5 cm³/mol. The van der Waals surface area contributed by atoms with Crippen molar-refractivity contribution in [3.05, 3.63) is 48.0 Å². The largest absolute Gasteiger partial charge is 0.454 e. The third-order valence-corrected chi connectivity index (χ3v) is 6.05. The van der Waals surface area contributed by atoms with Gasteiger partial charge in [0, 0.05) is 0 Å². The lowest BCUT2D eigenvalue weighted by atomic mass is 10.1. The van der Waals surface area contributed by atoms with E-state index in [1.165, 1.54) is 11.8 Å². The first-order valence-electron chi connectivity index (χ1n) is 7.86. The van der Waals surface area contributed by atoms with E-state index in [0.717, 1.165) is 31.6 Å². The van der Waals surface area contributed by atoms with Gasteiger partial charge in [0.15, 0.2) is 15.8 Å². The van der Waals surface area contributed by atoms with Gasteiger partial charge < -0.3 is 14.8 Å². The second-order valence-electron chi connectivity index (χ2n) is 5.64. The van der Waals surface area contributed by atoms with Gasteiger partial charge in [0.1, 0.15) is 0 Å². The molecule has 0 bridgehead atoms. The lowest BCUT2D eigenvalue weighted by Crippen LogP contribution is -2.28. The lowest BCUT2D eigenvalue weighted by molar-refractivity contribution is -0.119. The number of nitrogens with zero attached hydrogens (tertiary/aromatic N) is 1. The monoisotopic (exact) mass is 372 g/mol. The van der Waals surface area contributed by atoms with Gasteiger partial charge in [-0.2, -0.15) is 0 Å². The van der Waals surface area contributed by atoms with E-state index in [0.29, 0.717) is 5.75 Å². The van der Waals surface area contributed by atoms with E-state index in [4.69, 9.17) is 9.47 Å². The molecule has 1 aliphatic rings. The molecule has 2 aromatic carbocycles. The molecular formula is C18H16N2O3S2. The number of carbonyl (C=O) groups excluding carboxylic acids is 1. The number of benzene rings is 2. The summed E-state index contributed by atoms with van der Waals surface area (Å²) in [6, 6.07) is 13.6.